The molecule has 5 heteroatoms. The summed E-state index contributed by atoms with van der Waals surface area (Å²) >= 11 is 5.99. The third-order valence-electron chi connectivity index (χ3n) is 2.79. The van der Waals surface area contributed by atoms with Crippen molar-refractivity contribution in [2.45, 2.75) is 6.92 Å². The van der Waals surface area contributed by atoms with Gasteiger partial charge in [-0.05, 0) is 42.8 Å². The van der Waals surface area contributed by atoms with Crippen LogP contribution in [-0.4, -0.2) is 12.5 Å². The molecule has 2 rings (SSSR count). The molecule has 0 atom stereocenters. The molecule has 0 heterocycles. The molecule has 0 aliphatic rings. The van der Waals surface area contributed by atoms with Gasteiger partial charge in [0.15, 0.2) is 6.61 Å². The van der Waals surface area contributed by atoms with Crippen LogP contribution in [0.2, 0.25) is 5.02 Å². The lowest BCUT2D eigenvalue weighted by molar-refractivity contribution is -0.118. The average Bonchev–Trinajstić information content (AvgIpc) is 2.49. The highest BCUT2D eigenvalue weighted by atomic mass is 35.5. The topological polar surface area (TPSA) is 62.1 Å². The molecule has 0 saturated carbocycles. The number of nitriles is 1. The van der Waals surface area contributed by atoms with Gasteiger partial charge in [-0.2, -0.15) is 5.26 Å². The van der Waals surface area contributed by atoms with Crippen molar-refractivity contribution in [3.8, 4) is 11.8 Å². The second-order valence-electron chi connectivity index (χ2n) is 4.44. The highest BCUT2D eigenvalue weighted by molar-refractivity contribution is 6.31. The number of nitrogens with one attached hydrogen (secondary N) is 1. The first kappa shape index (κ1) is 14.9. The van der Waals surface area contributed by atoms with Gasteiger partial charge in [0.2, 0.25) is 0 Å². The summed E-state index contributed by atoms with van der Waals surface area (Å²) in [5, 5.41) is 12.1. The van der Waals surface area contributed by atoms with Crippen LogP contribution >= 0.6 is 11.6 Å². The van der Waals surface area contributed by atoms with Crippen molar-refractivity contribution in [2.24, 2.45) is 0 Å². The van der Waals surface area contributed by atoms with Crippen molar-refractivity contribution in [3.63, 3.8) is 0 Å². The van der Waals surface area contributed by atoms with Crippen LogP contribution in [0.15, 0.2) is 42.5 Å². The molecule has 0 radical (unpaired) electrons. The summed E-state index contributed by atoms with van der Waals surface area (Å²) in [5.41, 5.74) is 2.04. The van der Waals surface area contributed by atoms with Gasteiger partial charge >= 0.3 is 0 Å². The summed E-state index contributed by atoms with van der Waals surface area (Å²) in [6.45, 7) is 1.75. The standard InChI is InChI=1S/C16H13ClN2O2/c1-11-5-6-13(8-15(11)17)19-16(20)10-21-14-4-2-3-12(7-14)9-18/h2-8H,10H2,1H3,(H,19,20). The molecule has 0 spiro atoms. The maximum atomic E-state index is 11.8. The first-order valence-corrected chi connectivity index (χ1v) is 6.65. The van der Waals surface area contributed by atoms with E-state index in [2.05, 4.69) is 5.32 Å². The van der Waals surface area contributed by atoms with Gasteiger partial charge in [0.1, 0.15) is 5.75 Å². The molecular weight excluding hydrogens is 288 g/mol. The maximum absolute atomic E-state index is 11.8. The number of carbonyl (C=O) groups excluding carboxylic acids is 1. The number of hydrogen-bond donors (Lipinski definition) is 1. The predicted molar refractivity (Wildman–Crippen MR) is 81.5 cm³/mol. The third kappa shape index (κ3) is 4.23. The number of rotatable bonds is 4. The molecular formula is C16H13ClN2O2. The van der Waals surface area contributed by atoms with Gasteiger partial charge in [-0.3, -0.25) is 4.79 Å². The number of carbonyl (C=O) groups is 1. The van der Waals surface area contributed by atoms with E-state index in [0.717, 1.165) is 5.56 Å². The van der Waals surface area contributed by atoms with Crippen LogP contribution in [-0.2, 0) is 4.79 Å². The molecule has 106 valence electrons. The smallest absolute Gasteiger partial charge is 0.262 e. The second kappa shape index (κ2) is 6.78. The van der Waals surface area contributed by atoms with Crippen LogP contribution < -0.4 is 10.1 Å². The minimum absolute atomic E-state index is 0.139. The number of aryl methyl sites for hydroxylation is 1. The Balaban J connectivity index is 1.92. The lowest BCUT2D eigenvalue weighted by Gasteiger charge is -2.08. The molecule has 0 aliphatic heterocycles. The third-order valence-corrected chi connectivity index (χ3v) is 3.20. The lowest BCUT2D eigenvalue weighted by atomic mass is 10.2. The van der Waals surface area contributed by atoms with Gasteiger partial charge in [0.25, 0.3) is 5.91 Å². The average molecular weight is 301 g/mol. The van der Waals surface area contributed by atoms with Crippen molar-refractivity contribution < 1.29 is 9.53 Å². The fourth-order valence-corrected chi connectivity index (χ4v) is 1.85. The molecule has 1 N–H and O–H groups in total. The summed E-state index contributed by atoms with van der Waals surface area (Å²) in [6.07, 6.45) is 0. The van der Waals surface area contributed by atoms with E-state index < -0.39 is 0 Å². The van der Waals surface area contributed by atoms with Crippen molar-refractivity contribution in [1.82, 2.24) is 0 Å². The quantitative estimate of drug-likeness (QED) is 0.939. The number of amides is 1. The summed E-state index contributed by atoms with van der Waals surface area (Å²) < 4.78 is 5.34. The minimum atomic E-state index is -0.294. The normalized spacial score (nSPS) is 9.76. The molecule has 0 unspecified atom stereocenters. The Morgan fingerprint density at radius 3 is 2.86 bits per heavy atom. The Bertz CT molecular complexity index is 708. The Hall–Kier alpha value is -2.51. The van der Waals surface area contributed by atoms with Crippen molar-refractivity contribution in [3.05, 3.63) is 58.6 Å². The fourth-order valence-electron chi connectivity index (χ4n) is 1.67. The van der Waals surface area contributed by atoms with Crippen LogP contribution in [0.5, 0.6) is 5.75 Å². The van der Waals surface area contributed by atoms with E-state index in [-0.39, 0.29) is 12.5 Å². The first-order valence-electron chi connectivity index (χ1n) is 6.27. The van der Waals surface area contributed by atoms with Gasteiger partial charge in [-0.25, -0.2) is 0 Å². The highest BCUT2D eigenvalue weighted by Gasteiger charge is 2.05. The summed E-state index contributed by atoms with van der Waals surface area (Å²) in [5.74, 6) is 0.184. The van der Waals surface area contributed by atoms with Crippen LogP contribution in [0.4, 0.5) is 5.69 Å². The molecule has 0 saturated heterocycles. The Morgan fingerprint density at radius 2 is 2.14 bits per heavy atom. The molecule has 0 aliphatic carbocycles. The summed E-state index contributed by atoms with van der Waals surface area (Å²) in [7, 11) is 0. The van der Waals surface area contributed by atoms with Gasteiger partial charge in [0, 0.05) is 10.7 Å². The van der Waals surface area contributed by atoms with E-state index in [1.165, 1.54) is 0 Å². The molecule has 0 aromatic heterocycles. The molecule has 0 bridgehead atoms. The zero-order chi connectivity index (χ0) is 15.2. The summed E-state index contributed by atoms with van der Waals surface area (Å²) in [6, 6.07) is 13.9. The van der Waals surface area contributed by atoms with Crippen LogP contribution in [0.3, 0.4) is 0 Å². The Kier molecular flexibility index (Phi) is 4.81. The Labute approximate surface area is 127 Å². The molecule has 2 aromatic rings. The van der Waals surface area contributed by atoms with Crippen LogP contribution in [0.1, 0.15) is 11.1 Å². The Morgan fingerprint density at radius 1 is 1.33 bits per heavy atom. The van der Waals surface area contributed by atoms with E-state index in [0.29, 0.717) is 22.0 Å². The monoisotopic (exact) mass is 300 g/mol. The number of ether oxygens (including phenoxy) is 1. The zero-order valence-electron chi connectivity index (χ0n) is 11.4. The second-order valence-corrected chi connectivity index (χ2v) is 4.85. The molecule has 4 nitrogen and oxygen atoms in total. The van der Waals surface area contributed by atoms with Crippen molar-refractivity contribution >= 4 is 23.2 Å². The predicted octanol–water partition coefficient (Wildman–Crippen LogP) is 3.54. The number of hydrogen-bond acceptors (Lipinski definition) is 3. The van der Waals surface area contributed by atoms with E-state index in [1.807, 2.05) is 19.1 Å². The van der Waals surface area contributed by atoms with E-state index in [1.54, 1.807) is 36.4 Å². The van der Waals surface area contributed by atoms with Crippen molar-refractivity contribution in [2.75, 3.05) is 11.9 Å². The van der Waals surface area contributed by atoms with Gasteiger partial charge in [-0.15, -0.1) is 0 Å². The van der Waals surface area contributed by atoms with Crippen LogP contribution in [0, 0.1) is 18.3 Å². The zero-order valence-corrected chi connectivity index (χ0v) is 12.1. The number of halogens is 1. The minimum Gasteiger partial charge on any atom is -0.484 e. The maximum Gasteiger partial charge on any atom is 0.262 e. The van der Waals surface area contributed by atoms with E-state index in [9.17, 15) is 4.79 Å². The molecule has 0 fully saturated rings. The van der Waals surface area contributed by atoms with Crippen molar-refractivity contribution in [1.29, 1.82) is 5.26 Å². The lowest BCUT2D eigenvalue weighted by Crippen LogP contribution is -2.20. The van der Waals surface area contributed by atoms with Gasteiger partial charge < -0.3 is 10.1 Å². The summed E-state index contributed by atoms with van der Waals surface area (Å²) in [4.78, 5) is 11.8. The van der Waals surface area contributed by atoms with Crippen LogP contribution in [0.25, 0.3) is 0 Å². The fraction of sp³-hybridized carbons (Fsp3) is 0.125. The molecule has 2 aromatic carbocycles. The highest BCUT2D eigenvalue weighted by Crippen LogP contribution is 2.20. The number of anilines is 1. The van der Waals surface area contributed by atoms with Gasteiger partial charge in [0.05, 0.1) is 11.6 Å². The number of benzene rings is 2. The largest absolute Gasteiger partial charge is 0.484 e. The van der Waals surface area contributed by atoms with E-state index in [4.69, 9.17) is 21.6 Å². The molecule has 1 amide bonds. The van der Waals surface area contributed by atoms with E-state index >= 15 is 0 Å². The molecule has 21 heavy (non-hydrogen) atoms. The van der Waals surface area contributed by atoms with Gasteiger partial charge in [-0.1, -0.05) is 23.7 Å². The number of nitrogens with zero attached hydrogens (tertiary/aromatic N) is 1. The first-order chi connectivity index (χ1) is 10.1. The SMILES string of the molecule is Cc1ccc(NC(=O)COc2cccc(C#N)c2)cc1Cl.